The van der Waals surface area contributed by atoms with Crippen molar-refractivity contribution in [1.29, 1.82) is 0 Å². The van der Waals surface area contributed by atoms with Crippen LogP contribution in [0, 0.1) is 0 Å². The van der Waals surface area contributed by atoms with E-state index in [1.165, 1.54) is 24.3 Å². The number of anilines is 1. The van der Waals surface area contributed by atoms with Crippen LogP contribution in [0.4, 0.5) is 5.00 Å². The summed E-state index contributed by atoms with van der Waals surface area (Å²) in [6.07, 6.45) is 2.88. The number of carbonyl (C=O) groups excluding carboxylic acids is 1. The average molecular weight is 289 g/mol. The maximum absolute atomic E-state index is 11.7. The maximum atomic E-state index is 11.7. The van der Waals surface area contributed by atoms with E-state index in [-0.39, 0.29) is 11.3 Å². The molecule has 0 aliphatic rings. The second-order valence-electron chi connectivity index (χ2n) is 3.88. The molecule has 3 N–H and O–H groups in total. The molecule has 0 radical (unpaired) electrons. The van der Waals surface area contributed by atoms with Gasteiger partial charge in [-0.1, -0.05) is 12.1 Å². The molecule has 0 saturated carbocycles. The highest BCUT2D eigenvalue weighted by Crippen LogP contribution is 2.23. The number of hydrogen-bond acceptors (Lipinski definition) is 4. The van der Waals surface area contributed by atoms with Crippen molar-refractivity contribution < 1.29 is 19.8 Å². The van der Waals surface area contributed by atoms with Gasteiger partial charge in [0.2, 0.25) is 5.91 Å². The Bertz CT molecular complexity index is 658. The van der Waals surface area contributed by atoms with Crippen molar-refractivity contribution in [3.05, 3.63) is 52.9 Å². The molecule has 0 fully saturated rings. The predicted molar refractivity (Wildman–Crippen MR) is 77.0 cm³/mol. The lowest BCUT2D eigenvalue weighted by Crippen LogP contribution is -2.09. The van der Waals surface area contributed by atoms with Crippen molar-refractivity contribution in [3.8, 4) is 5.75 Å². The van der Waals surface area contributed by atoms with Gasteiger partial charge in [0, 0.05) is 6.08 Å². The molecule has 5 nitrogen and oxygen atoms in total. The van der Waals surface area contributed by atoms with Crippen molar-refractivity contribution in [2.45, 2.75) is 0 Å². The number of nitrogens with one attached hydrogen (secondary N) is 1. The summed E-state index contributed by atoms with van der Waals surface area (Å²) in [5.74, 6) is -1.34. The Hall–Kier alpha value is -2.60. The zero-order valence-corrected chi connectivity index (χ0v) is 11.1. The predicted octanol–water partition coefficient (Wildman–Crippen LogP) is 2.80. The smallest absolute Gasteiger partial charge is 0.338 e. The Morgan fingerprint density at radius 1 is 1.15 bits per heavy atom. The summed E-state index contributed by atoms with van der Waals surface area (Å²) < 4.78 is 0. The largest absolute Gasteiger partial charge is 0.508 e. The summed E-state index contributed by atoms with van der Waals surface area (Å²) in [5, 5.41) is 22.5. The van der Waals surface area contributed by atoms with Crippen LogP contribution in [0.25, 0.3) is 6.08 Å². The molecule has 0 unspecified atom stereocenters. The summed E-state index contributed by atoms with van der Waals surface area (Å²) in [5.41, 5.74) is 0.823. The zero-order chi connectivity index (χ0) is 14.5. The summed E-state index contributed by atoms with van der Waals surface area (Å²) in [7, 11) is 0. The Balaban J connectivity index is 2.03. The van der Waals surface area contributed by atoms with Gasteiger partial charge in [0.25, 0.3) is 0 Å². The lowest BCUT2D eigenvalue weighted by Gasteiger charge is -2.00. The Kier molecular flexibility index (Phi) is 4.17. The normalized spacial score (nSPS) is 10.6. The third-order valence-electron chi connectivity index (χ3n) is 2.45. The SMILES string of the molecule is O=C(/C=C/c1ccc(O)cc1)Nc1sccc1C(=O)O. The molecule has 0 aliphatic carbocycles. The van der Waals surface area contributed by atoms with Crippen LogP contribution >= 0.6 is 11.3 Å². The van der Waals surface area contributed by atoms with E-state index < -0.39 is 11.9 Å². The summed E-state index contributed by atoms with van der Waals surface area (Å²) in [4.78, 5) is 22.6. The van der Waals surface area contributed by atoms with E-state index in [1.807, 2.05) is 0 Å². The Morgan fingerprint density at radius 3 is 2.50 bits per heavy atom. The molecule has 102 valence electrons. The highest BCUT2D eigenvalue weighted by Gasteiger charge is 2.12. The highest BCUT2D eigenvalue weighted by molar-refractivity contribution is 7.14. The fraction of sp³-hybridized carbons (Fsp3) is 0. The lowest BCUT2D eigenvalue weighted by atomic mass is 10.2. The van der Waals surface area contributed by atoms with Crippen molar-refractivity contribution in [2.75, 3.05) is 5.32 Å². The molecule has 0 atom stereocenters. The Labute approximate surface area is 118 Å². The third kappa shape index (κ3) is 3.46. The van der Waals surface area contributed by atoms with Crippen LogP contribution in [-0.2, 0) is 4.79 Å². The minimum atomic E-state index is -1.08. The summed E-state index contributed by atoms with van der Waals surface area (Å²) in [6, 6.07) is 7.78. The van der Waals surface area contributed by atoms with E-state index >= 15 is 0 Å². The van der Waals surface area contributed by atoms with Crippen LogP contribution in [0.5, 0.6) is 5.75 Å². The van der Waals surface area contributed by atoms with Gasteiger partial charge in [-0.15, -0.1) is 11.3 Å². The number of carbonyl (C=O) groups is 2. The molecule has 6 heteroatoms. The van der Waals surface area contributed by atoms with E-state index in [2.05, 4.69) is 5.32 Å². The van der Waals surface area contributed by atoms with Crippen LogP contribution in [0.15, 0.2) is 41.8 Å². The zero-order valence-electron chi connectivity index (χ0n) is 10.2. The number of aromatic hydroxyl groups is 1. The van der Waals surface area contributed by atoms with Gasteiger partial charge in [0.1, 0.15) is 10.8 Å². The maximum Gasteiger partial charge on any atom is 0.338 e. The van der Waals surface area contributed by atoms with Crippen molar-refractivity contribution in [3.63, 3.8) is 0 Å². The first kappa shape index (κ1) is 13.8. The van der Waals surface area contributed by atoms with Crippen LogP contribution in [0.2, 0.25) is 0 Å². The van der Waals surface area contributed by atoms with Gasteiger partial charge in [0.05, 0.1) is 5.56 Å². The van der Waals surface area contributed by atoms with Crippen LogP contribution in [0.3, 0.4) is 0 Å². The minimum Gasteiger partial charge on any atom is -0.508 e. The van der Waals surface area contributed by atoms with E-state index in [1.54, 1.807) is 23.6 Å². The lowest BCUT2D eigenvalue weighted by molar-refractivity contribution is -0.111. The number of aromatic carboxylic acids is 1. The first-order valence-electron chi connectivity index (χ1n) is 5.65. The van der Waals surface area contributed by atoms with Crippen molar-refractivity contribution in [1.82, 2.24) is 0 Å². The first-order chi connectivity index (χ1) is 9.56. The topological polar surface area (TPSA) is 86.6 Å². The minimum absolute atomic E-state index is 0.0707. The molecule has 0 saturated heterocycles. The van der Waals surface area contributed by atoms with Gasteiger partial charge in [-0.3, -0.25) is 4.79 Å². The highest BCUT2D eigenvalue weighted by atomic mass is 32.1. The second kappa shape index (κ2) is 6.03. The Morgan fingerprint density at radius 2 is 1.85 bits per heavy atom. The van der Waals surface area contributed by atoms with Crippen molar-refractivity contribution >= 4 is 34.3 Å². The van der Waals surface area contributed by atoms with Crippen LogP contribution in [0.1, 0.15) is 15.9 Å². The number of carboxylic acid groups (broad SMARTS) is 1. The van der Waals surface area contributed by atoms with Gasteiger partial charge in [-0.05, 0) is 35.2 Å². The van der Waals surface area contributed by atoms with E-state index in [0.29, 0.717) is 5.00 Å². The van der Waals surface area contributed by atoms with Gasteiger partial charge < -0.3 is 15.5 Å². The van der Waals surface area contributed by atoms with Gasteiger partial charge in [-0.25, -0.2) is 4.79 Å². The summed E-state index contributed by atoms with van der Waals surface area (Å²) in [6.45, 7) is 0. The van der Waals surface area contributed by atoms with Crippen molar-refractivity contribution in [2.24, 2.45) is 0 Å². The number of benzene rings is 1. The first-order valence-corrected chi connectivity index (χ1v) is 6.53. The van der Waals surface area contributed by atoms with Gasteiger partial charge in [-0.2, -0.15) is 0 Å². The number of amides is 1. The van der Waals surface area contributed by atoms with E-state index in [0.717, 1.165) is 16.9 Å². The second-order valence-corrected chi connectivity index (χ2v) is 4.80. The molecule has 20 heavy (non-hydrogen) atoms. The van der Waals surface area contributed by atoms with Gasteiger partial charge >= 0.3 is 5.97 Å². The molecular formula is C14H11NO4S. The van der Waals surface area contributed by atoms with E-state index in [4.69, 9.17) is 10.2 Å². The third-order valence-corrected chi connectivity index (χ3v) is 3.28. The molecule has 0 aliphatic heterocycles. The molecule has 0 spiro atoms. The molecule has 1 heterocycles. The molecule has 1 aromatic heterocycles. The monoisotopic (exact) mass is 289 g/mol. The number of rotatable bonds is 4. The van der Waals surface area contributed by atoms with Crippen LogP contribution < -0.4 is 5.32 Å². The van der Waals surface area contributed by atoms with E-state index in [9.17, 15) is 9.59 Å². The molecule has 2 aromatic rings. The number of hydrogen-bond donors (Lipinski definition) is 3. The summed E-state index contributed by atoms with van der Waals surface area (Å²) >= 11 is 1.15. The quantitative estimate of drug-likeness (QED) is 0.755. The fourth-order valence-electron chi connectivity index (χ4n) is 1.49. The standard InChI is InChI=1S/C14H11NO4S/c16-10-4-1-9(2-5-10)3-6-12(17)15-13-11(14(18)19)7-8-20-13/h1-8,16H,(H,15,17)(H,18,19)/b6-3+. The molecular weight excluding hydrogens is 278 g/mol. The average Bonchev–Trinajstić information content (AvgIpc) is 2.86. The fourth-order valence-corrected chi connectivity index (χ4v) is 2.27. The van der Waals surface area contributed by atoms with Gasteiger partial charge in [0.15, 0.2) is 0 Å². The molecule has 1 aromatic carbocycles. The molecule has 1 amide bonds. The number of carboxylic acids is 1. The number of phenols is 1. The number of thiophene rings is 1. The van der Waals surface area contributed by atoms with Crippen LogP contribution in [-0.4, -0.2) is 22.1 Å². The molecule has 0 bridgehead atoms. The molecule has 2 rings (SSSR count). The number of phenolic OH excluding ortho intramolecular Hbond substituents is 1.